The summed E-state index contributed by atoms with van der Waals surface area (Å²) >= 11 is 0. The van der Waals surface area contributed by atoms with Crippen LogP contribution in [0.3, 0.4) is 0 Å². The summed E-state index contributed by atoms with van der Waals surface area (Å²) in [6.07, 6.45) is 7.27. The van der Waals surface area contributed by atoms with E-state index in [1.54, 1.807) is 10.7 Å². The van der Waals surface area contributed by atoms with Crippen LogP contribution in [0.2, 0.25) is 0 Å². The Morgan fingerprint density at radius 1 is 1.34 bits per heavy atom. The van der Waals surface area contributed by atoms with Crippen molar-refractivity contribution in [1.82, 2.24) is 19.7 Å². The molecule has 0 spiro atoms. The van der Waals surface area contributed by atoms with Crippen LogP contribution in [0.5, 0.6) is 0 Å². The first-order valence-electron chi connectivity index (χ1n) is 9.08. The molecule has 3 aromatic rings. The Hall–Kier alpha value is -3.82. The highest BCUT2D eigenvalue weighted by Gasteiger charge is 2.50. The first-order valence-corrected chi connectivity index (χ1v) is 9.08. The van der Waals surface area contributed by atoms with Crippen molar-refractivity contribution < 1.29 is 19.1 Å². The maximum atomic E-state index is 12.9. The number of rotatable bonds is 4. The molecule has 10 heteroatoms. The van der Waals surface area contributed by atoms with Gasteiger partial charge in [0.05, 0.1) is 19.0 Å². The highest BCUT2D eigenvalue weighted by molar-refractivity contribution is 6.04. The number of nitrogens with zero attached hydrogens (tertiary/aromatic N) is 5. The van der Waals surface area contributed by atoms with Crippen LogP contribution in [0, 0.1) is 11.1 Å². The van der Waals surface area contributed by atoms with Gasteiger partial charge in [0.25, 0.3) is 5.91 Å². The van der Waals surface area contributed by atoms with Gasteiger partial charge in [0, 0.05) is 23.4 Å². The van der Waals surface area contributed by atoms with Gasteiger partial charge in [0.2, 0.25) is 12.0 Å². The predicted octanol–water partition coefficient (Wildman–Crippen LogP) is 0.994. The smallest absolute Gasteiger partial charge is 0.356 e. The molecule has 2 atom stereocenters. The molecule has 1 N–H and O–H groups in total. The number of carbonyl (C=O) groups is 2. The van der Waals surface area contributed by atoms with Gasteiger partial charge in [-0.15, -0.1) is 0 Å². The molecular weight excluding hydrogens is 376 g/mol. The Kier molecular flexibility index (Phi) is 3.79. The number of hydrogen-bond acceptors (Lipinski definition) is 7. The van der Waals surface area contributed by atoms with E-state index in [-0.39, 0.29) is 5.69 Å². The number of aromatic nitrogens is 5. The molecule has 3 heterocycles. The number of hydrogen-bond donors (Lipinski definition) is 1. The molecule has 2 aliphatic rings. The molecule has 146 valence electrons. The summed E-state index contributed by atoms with van der Waals surface area (Å²) in [4.78, 5) is 32.8. The van der Waals surface area contributed by atoms with Crippen molar-refractivity contribution in [2.75, 3.05) is 12.4 Å². The summed E-state index contributed by atoms with van der Waals surface area (Å²) < 4.78 is 6.91. The number of pyridine rings is 1. The molecule has 0 radical (unpaired) electrons. The van der Waals surface area contributed by atoms with Crippen LogP contribution in [0.15, 0.2) is 36.9 Å². The average Bonchev–Trinajstić information content (AvgIpc) is 3.22. The highest BCUT2D eigenvalue weighted by Crippen LogP contribution is 2.57. The predicted molar refractivity (Wildman–Crippen MR) is 98.4 cm³/mol. The lowest BCUT2D eigenvalue weighted by atomic mass is 10.1. The van der Waals surface area contributed by atoms with Crippen LogP contribution in [0.4, 0.5) is 5.69 Å². The zero-order chi connectivity index (χ0) is 20.1. The second-order valence-corrected chi connectivity index (χ2v) is 7.08. The highest BCUT2D eigenvalue weighted by atomic mass is 16.5. The Bertz CT molecular complexity index is 1160. The van der Waals surface area contributed by atoms with E-state index < -0.39 is 11.9 Å². The zero-order valence-electron chi connectivity index (χ0n) is 15.4. The van der Waals surface area contributed by atoms with Crippen molar-refractivity contribution in [3.05, 3.63) is 64.8 Å². The molecular formula is C19H16N6O4. The normalized spacial score (nSPS) is 18.7. The molecule has 5 rings (SSSR count). The number of fused-ring (bicyclic) bond motifs is 3. The van der Waals surface area contributed by atoms with Crippen LogP contribution >= 0.6 is 0 Å². The van der Waals surface area contributed by atoms with Crippen molar-refractivity contribution in [2.24, 2.45) is 5.92 Å². The number of ether oxygens (including phenoxy) is 1. The molecule has 0 aromatic carbocycles. The van der Waals surface area contributed by atoms with Gasteiger partial charge in [0.15, 0.2) is 11.9 Å². The van der Waals surface area contributed by atoms with E-state index in [4.69, 9.17) is 0 Å². The lowest BCUT2D eigenvalue weighted by molar-refractivity contribution is -0.605. The van der Waals surface area contributed by atoms with Crippen molar-refractivity contribution in [3.63, 3.8) is 0 Å². The molecule has 1 saturated carbocycles. The lowest BCUT2D eigenvalue weighted by Crippen LogP contribution is -2.26. The third-order valence-electron chi connectivity index (χ3n) is 5.27. The van der Waals surface area contributed by atoms with Crippen molar-refractivity contribution in [2.45, 2.75) is 18.8 Å². The van der Waals surface area contributed by atoms with Gasteiger partial charge in [-0.05, 0) is 30.9 Å². The van der Waals surface area contributed by atoms with Crippen LogP contribution in [-0.2, 0) is 11.2 Å². The monoisotopic (exact) mass is 392 g/mol. The lowest BCUT2D eigenvalue weighted by Gasteiger charge is -2.06. The molecule has 0 unspecified atom stereocenters. The van der Waals surface area contributed by atoms with E-state index in [0.717, 1.165) is 24.1 Å². The van der Waals surface area contributed by atoms with Gasteiger partial charge < -0.3 is 15.3 Å². The van der Waals surface area contributed by atoms with Crippen LogP contribution in [0.25, 0.3) is 5.82 Å². The van der Waals surface area contributed by atoms with Gasteiger partial charge in [-0.1, -0.05) is 0 Å². The van der Waals surface area contributed by atoms with Crippen molar-refractivity contribution in [1.29, 1.82) is 0 Å². The summed E-state index contributed by atoms with van der Waals surface area (Å²) in [5.74, 6) is 0.243. The van der Waals surface area contributed by atoms with Crippen LogP contribution in [0.1, 0.15) is 44.6 Å². The number of anilines is 1. The molecule has 10 nitrogen and oxygen atoms in total. The summed E-state index contributed by atoms with van der Waals surface area (Å²) in [7, 11) is 1.26. The average molecular weight is 392 g/mol. The fraction of sp³-hybridized carbons (Fsp3) is 0.263. The molecule has 1 fully saturated rings. The molecule has 0 aliphatic heterocycles. The summed E-state index contributed by atoms with van der Waals surface area (Å²) in [5.41, 5.74) is 2.63. The fourth-order valence-corrected chi connectivity index (χ4v) is 3.86. The summed E-state index contributed by atoms with van der Waals surface area (Å²) in [5, 5.41) is 18.9. The molecule has 1 amide bonds. The van der Waals surface area contributed by atoms with E-state index in [1.165, 1.54) is 38.0 Å². The van der Waals surface area contributed by atoms with Crippen molar-refractivity contribution in [3.8, 4) is 5.82 Å². The van der Waals surface area contributed by atoms with Gasteiger partial charge in [-0.3, -0.25) is 4.79 Å². The zero-order valence-corrected chi connectivity index (χ0v) is 15.4. The summed E-state index contributed by atoms with van der Waals surface area (Å²) in [6.45, 7) is 0. The van der Waals surface area contributed by atoms with Gasteiger partial charge in [-0.2, -0.15) is 9.83 Å². The van der Waals surface area contributed by atoms with Gasteiger partial charge >= 0.3 is 5.97 Å². The third-order valence-corrected chi connectivity index (χ3v) is 5.27. The van der Waals surface area contributed by atoms with Gasteiger partial charge in [-0.25, -0.2) is 19.4 Å². The van der Waals surface area contributed by atoms with E-state index in [1.807, 2.05) is 0 Å². The quantitative estimate of drug-likeness (QED) is 0.399. The second kappa shape index (κ2) is 6.36. The number of amides is 1. The Morgan fingerprint density at radius 3 is 3.00 bits per heavy atom. The van der Waals surface area contributed by atoms with Crippen molar-refractivity contribution >= 4 is 17.6 Å². The first-order chi connectivity index (χ1) is 14.0. The van der Waals surface area contributed by atoms with Crippen LogP contribution in [-0.4, -0.2) is 38.7 Å². The second-order valence-electron chi connectivity index (χ2n) is 7.08. The number of methoxy groups -OCH3 is 1. The standard InChI is InChI=1S/C19H16N6O4/c1-29-19(27)14-8-11(2-3-20-14)22-18(26)16-13-7-10-6-12(10)17(13)25(23-16)15-9-24(28)5-4-21-15/h2-5,8-10,12H,6-7H2,1H3,(H,20,22,26)/t10-,12-/m1/s1. The van der Waals surface area contributed by atoms with E-state index >= 15 is 0 Å². The topological polar surface area (TPSA) is 126 Å². The largest absolute Gasteiger partial charge is 0.619 e. The van der Waals surface area contributed by atoms with E-state index in [9.17, 15) is 14.8 Å². The first kappa shape index (κ1) is 17.3. The molecule has 0 saturated heterocycles. The van der Waals surface area contributed by atoms with Crippen LogP contribution < -0.4 is 10.0 Å². The number of nitrogens with one attached hydrogen (secondary N) is 1. The Morgan fingerprint density at radius 2 is 2.21 bits per heavy atom. The third kappa shape index (κ3) is 2.89. The van der Waals surface area contributed by atoms with E-state index in [2.05, 4.69) is 25.1 Å². The maximum Gasteiger partial charge on any atom is 0.356 e. The summed E-state index contributed by atoms with van der Waals surface area (Å²) in [6, 6.07) is 3.02. The Balaban J connectivity index is 1.49. The fourth-order valence-electron chi connectivity index (χ4n) is 3.86. The minimum Gasteiger partial charge on any atom is -0.619 e. The van der Waals surface area contributed by atoms with Gasteiger partial charge in [0.1, 0.15) is 5.69 Å². The SMILES string of the molecule is COC(=O)c1cc(NC(=O)c2nn(-c3c[n+]([O-])ccn3)c3c2C[C@H]2C[C@@H]32)ccn1. The molecule has 2 aliphatic carbocycles. The Labute approximate surface area is 164 Å². The minimum absolute atomic E-state index is 0.0933. The van der Waals surface area contributed by atoms with E-state index in [0.29, 0.717) is 33.8 Å². The minimum atomic E-state index is -0.590. The number of carbonyl (C=O) groups excluding carboxylic acids is 2. The maximum absolute atomic E-state index is 12.9. The molecule has 29 heavy (non-hydrogen) atoms. The molecule has 3 aromatic heterocycles. The molecule has 0 bridgehead atoms. The number of esters is 1.